The molecule has 1 rings (SSSR count). The minimum absolute atomic E-state index is 0.366. The number of hydrogen-bond donors (Lipinski definition) is 0. The molecular formula is C4H6Cl4N3P3. The molecule has 0 aromatic rings. The number of nitrogens with zero attached hydrogens (tertiary/aromatic N) is 3. The van der Waals surface area contributed by atoms with E-state index in [-0.39, 0.29) is 0 Å². The Labute approximate surface area is 102 Å². The lowest BCUT2D eigenvalue weighted by Gasteiger charge is -2.21. The second-order valence-corrected chi connectivity index (χ2v) is 15.8. The van der Waals surface area contributed by atoms with Crippen LogP contribution in [0, 0.1) is 12.3 Å². The molecule has 0 N–H and O–H groups in total. The monoisotopic (exact) mass is 329 g/mol. The Hall–Kier alpha value is 1.41. The summed E-state index contributed by atoms with van der Waals surface area (Å²) in [7, 11) is -2.12. The Morgan fingerprint density at radius 3 is 2.00 bits per heavy atom. The van der Waals surface area contributed by atoms with E-state index in [1.807, 2.05) is 0 Å². The fraction of sp³-hybridized carbons (Fsp3) is 0.500. The smallest absolute Gasteiger partial charge is 0.213 e. The summed E-state index contributed by atoms with van der Waals surface area (Å²) < 4.78 is 12.2. The lowest BCUT2D eigenvalue weighted by Crippen LogP contribution is -1.82. The van der Waals surface area contributed by atoms with Gasteiger partial charge in [0.1, 0.15) is 0 Å². The van der Waals surface area contributed by atoms with Crippen LogP contribution >= 0.6 is 64.0 Å². The first-order valence-corrected chi connectivity index (χ1v) is 12.6. The molecule has 0 aromatic carbocycles. The zero-order chi connectivity index (χ0) is 11.0. The highest BCUT2D eigenvalue weighted by atomic mass is 35.9. The molecule has 0 aromatic heterocycles. The lowest BCUT2D eigenvalue weighted by molar-refractivity contribution is 1.65. The van der Waals surface area contributed by atoms with E-state index in [0.717, 1.165) is 0 Å². The molecule has 1 atom stereocenters. The Morgan fingerprint density at radius 2 is 1.57 bits per heavy atom. The van der Waals surface area contributed by atoms with Gasteiger partial charge in [0.25, 0.3) is 11.8 Å². The summed E-state index contributed by atoms with van der Waals surface area (Å²) in [5.41, 5.74) is 0. The van der Waals surface area contributed by atoms with Crippen molar-refractivity contribution in [2.24, 2.45) is 13.5 Å². The molecule has 1 aliphatic heterocycles. The highest BCUT2D eigenvalue weighted by Gasteiger charge is 2.29. The predicted octanol–water partition coefficient (Wildman–Crippen LogP) is 6.23. The van der Waals surface area contributed by atoms with Crippen LogP contribution in [0.3, 0.4) is 0 Å². The Bertz CT molecular complexity index is 441. The molecule has 1 aliphatic rings. The molecule has 0 radical (unpaired) electrons. The Balaban J connectivity index is 3.42. The van der Waals surface area contributed by atoms with Gasteiger partial charge in [0, 0.05) is 0 Å². The van der Waals surface area contributed by atoms with Crippen LogP contribution in [0.4, 0.5) is 0 Å². The highest BCUT2D eigenvalue weighted by Crippen LogP contribution is 2.84. The zero-order valence-electron chi connectivity index (χ0n) is 6.98. The van der Waals surface area contributed by atoms with Gasteiger partial charge in [-0.2, -0.15) is 4.52 Å². The third kappa shape index (κ3) is 3.77. The van der Waals surface area contributed by atoms with Gasteiger partial charge in [0.05, 0.1) is 13.4 Å². The van der Waals surface area contributed by atoms with Gasteiger partial charge < -0.3 is 0 Å². The van der Waals surface area contributed by atoms with Crippen LogP contribution in [0.1, 0.15) is 0 Å². The van der Waals surface area contributed by atoms with Crippen molar-refractivity contribution in [1.29, 1.82) is 0 Å². The van der Waals surface area contributed by atoms with Crippen LogP contribution in [0.5, 0.6) is 0 Å². The highest BCUT2D eigenvalue weighted by molar-refractivity contribution is 8.21. The summed E-state index contributed by atoms with van der Waals surface area (Å²) in [4.78, 5) is 0. The van der Waals surface area contributed by atoms with E-state index in [9.17, 15) is 0 Å². The molecule has 0 aliphatic carbocycles. The van der Waals surface area contributed by atoms with Crippen LogP contribution in [0.2, 0.25) is 0 Å². The molecule has 14 heavy (non-hydrogen) atoms. The van der Waals surface area contributed by atoms with E-state index in [1.165, 1.54) is 0 Å². The van der Waals surface area contributed by atoms with Gasteiger partial charge in [0.2, 0.25) is 0 Å². The molecule has 0 bridgehead atoms. The standard InChI is InChI=1S/C4H6Cl4N3P3/c1-3-4-12(2)9-13(5,6)11-14(7,8)10-12/h1H,4H2,2H3. The van der Waals surface area contributed by atoms with Crippen molar-refractivity contribution >= 4 is 64.0 Å². The van der Waals surface area contributed by atoms with Gasteiger partial charge in [-0.1, -0.05) is 5.92 Å². The van der Waals surface area contributed by atoms with Crippen molar-refractivity contribution < 1.29 is 0 Å². The van der Waals surface area contributed by atoms with E-state index in [4.69, 9.17) is 51.4 Å². The number of rotatable bonds is 1. The van der Waals surface area contributed by atoms with Crippen LogP contribution in [-0.2, 0) is 0 Å². The van der Waals surface area contributed by atoms with Gasteiger partial charge in [-0.15, -0.1) is 6.42 Å². The summed E-state index contributed by atoms with van der Waals surface area (Å²) in [6.45, 7) is 1.79. The molecule has 80 valence electrons. The van der Waals surface area contributed by atoms with Gasteiger partial charge in [-0.05, 0) is 51.6 Å². The summed E-state index contributed by atoms with van der Waals surface area (Å²) in [5.74, 6) is -3.06. The van der Waals surface area contributed by atoms with Crippen molar-refractivity contribution in [1.82, 2.24) is 0 Å². The molecule has 0 spiro atoms. The van der Waals surface area contributed by atoms with Crippen molar-refractivity contribution in [3.05, 3.63) is 0 Å². The summed E-state index contributed by atoms with van der Waals surface area (Å²) in [5, 5.41) is 0. The SMILES string of the molecule is C#CCP1(C)=NP(Cl)(Cl)=NP(Cl)(Cl)=N1. The molecular weight excluding hydrogens is 325 g/mol. The fourth-order valence-electron chi connectivity index (χ4n) is 0.883. The molecule has 10 heteroatoms. The molecule has 3 nitrogen and oxygen atoms in total. The van der Waals surface area contributed by atoms with Crippen LogP contribution in [0.15, 0.2) is 13.5 Å². The van der Waals surface area contributed by atoms with Crippen molar-refractivity contribution in [3.8, 4) is 12.3 Å². The normalized spacial score (nSPS) is 33.1. The quantitative estimate of drug-likeness (QED) is 0.404. The van der Waals surface area contributed by atoms with Crippen LogP contribution in [-0.4, -0.2) is 12.8 Å². The van der Waals surface area contributed by atoms with Crippen LogP contribution < -0.4 is 0 Å². The van der Waals surface area contributed by atoms with Gasteiger partial charge in [-0.25, -0.2) is 9.03 Å². The van der Waals surface area contributed by atoms with Crippen molar-refractivity contribution in [2.75, 3.05) is 12.8 Å². The summed E-state index contributed by atoms with van der Waals surface area (Å²) in [6, 6.07) is 0. The van der Waals surface area contributed by atoms with E-state index in [0.29, 0.717) is 6.16 Å². The van der Waals surface area contributed by atoms with E-state index >= 15 is 0 Å². The largest absolute Gasteiger partial charge is 0.255 e. The topological polar surface area (TPSA) is 37.1 Å². The van der Waals surface area contributed by atoms with E-state index < -0.39 is 19.0 Å². The number of halogens is 4. The van der Waals surface area contributed by atoms with Crippen LogP contribution in [0.25, 0.3) is 0 Å². The van der Waals surface area contributed by atoms with Gasteiger partial charge in [0.15, 0.2) is 0 Å². The molecule has 1 heterocycles. The average Bonchev–Trinajstić information content (AvgIpc) is 1.75. The molecule has 0 saturated heterocycles. The maximum absolute atomic E-state index is 5.88. The van der Waals surface area contributed by atoms with Gasteiger partial charge >= 0.3 is 0 Å². The first-order chi connectivity index (χ1) is 6.18. The fourth-order valence-corrected chi connectivity index (χ4v) is 17.9. The molecule has 0 saturated carbocycles. The van der Waals surface area contributed by atoms with E-state index in [1.54, 1.807) is 6.66 Å². The molecule has 1 unspecified atom stereocenters. The Kier molecular flexibility index (Phi) is 4.19. The third-order valence-corrected chi connectivity index (χ3v) is 13.4. The second-order valence-electron chi connectivity index (χ2n) is 2.63. The number of hydrogen-bond acceptors (Lipinski definition) is 3. The molecule has 0 amide bonds. The second kappa shape index (κ2) is 4.35. The maximum atomic E-state index is 5.88. The summed E-state index contributed by atoms with van der Waals surface area (Å²) >= 11 is 23.5. The average molecular weight is 331 g/mol. The molecule has 0 fully saturated rings. The predicted molar refractivity (Wildman–Crippen MR) is 71.1 cm³/mol. The first-order valence-electron chi connectivity index (χ1n) is 3.28. The van der Waals surface area contributed by atoms with Crippen molar-refractivity contribution in [3.63, 3.8) is 0 Å². The lowest BCUT2D eigenvalue weighted by atomic mass is 10.8. The number of terminal acetylenes is 1. The minimum Gasteiger partial charge on any atom is -0.213 e. The Morgan fingerprint density at radius 1 is 1.07 bits per heavy atom. The third-order valence-electron chi connectivity index (χ3n) is 1.21. The first kappa shape index (κ1) is 13.5. The van der Waals surface area contributed by atoms with E-state index in [2.05, 4.69) is 19.5 Å². The minimum atomic E-state index is -2.77. The maximum Gasteiger partial charge on any atom is 0.255 e. The van der Waals surface area contributed by atoms with Crippen molar-refractivity contribution in [2.45, 2.75) is 0 Å². The zero-order valence-corrected chi connectivity index (χ0v) is 12.7. The summed E-state index contributed by atoms with van der Waals surface area (Å²) in [6.07, 6.45) is 5.57. The van der Waals surface area contributed by atoms with Gasteiger partial charge in [-0.3, -0.25) is 0 Å².